The third kappa shape index (κ3) is 3.34. The Morgan fingerprint density at radius 3 is 2.75 bits per heavy atom. The second-order valence-electron chi connectivity index (χ2n) is 4.14. The van der Waals surface area contributed by atoms with Crippen molar-refractivity contribution in [2.75, 3.05) is 19.0 Å². The van der Waals surface area contributed by atoms with Crippen molar-refractivity contribution < 1.29 is 9.53 Å². The van der Waals surface area contributed by atoms with Crippen LogP contribution in [0.3, 0.4) is 0 Å². The molecule has 16 heavy (non-hydrogen) atoms. The van der Waals surface area contributed by atoms with Gasteiger partial charge in [-0.05, 0) is 19.8 Å². The van der Waals surface area contributed by atoms with Crippen LogP contribution in [-0.4, -0.2) is 29.8 Å². The lowest BCUT2D eigenvalue weighted by Gasteiger charge is -2.09. The van der Waals surface area contributed by atoms with Gasteiger partial charge >= 0.3 is 0 Å². The van der Waals surface area contributed by atoms with Gasteiger partial charge in [-0.3, -0.25) is 9.89 Å². The van der Waals surface area contributed by atoms with Crippen molar-refractivity contribution in [2.45, 2.75) is 27.2 Å². The highest BCUT2D eigenvalue weighted by Crippen LogP contribution is 2.14. The Kier molecular flexibility index (Phi) is 4.49. The van der Waals surface area contributed by atoms with Crippen molar-refractivity contribution >= 4 is 11.7 Å². The molecule has 0 aromatic carbocycles. The summed E-state index contributed by atoms with van der Waals surface area (Å²) in [7, 11) is 1.63. The highest BCUT2D eigenvalue weighted by atomic mass is 16.5. The second kappa shape index (κ2) is 5.65. The summed E-state index contributed by atoms with van der Waals surface area (Å²) in [5.41, 5.74) is 1.95. The van der Waals surface area contributed by atoms with E-state index >= 15 is 0 Å². The van der Waals surface area contributed by atoms with Gasteiger partial charge in [0.05, 0.1) is 0 Å². The van der Waals surface area contributed by atoms with Gasteiger partial charge in [0.25, 0.3) is 0 Å². The number of ether oxygens (including phenoxy) is 1. The number of carbonyl (C=O) groups excluding carboxylic acids is 1. The molecule has 5 nitrogen and oxygen atoms in total. The lowest BCUT2D eigenvalue weighted by molar-refractivity contribution is -0.117. The van der Waals surface area contributed by atoms with Crippen molar-refractivity contribution in [2.24, 2.45) is 5.92 Å². The Balaban J connectivity index is 2.49. The van der Waals surface area contributed by atoms with Gasteiger partial charge in [0.1, 0.15) is 0 Å². The average Bonchev–Trinajstić information content (AvgIpc) is 2.50. The van der Waals surface area contributed by atoms with Crippen molar-refractivity contribution in [3.8, 4) is 0 Å². The number of hydrogen-bond acceptors (Lipinski definition) is 3. The predicted molar refractivity (Wildman–Crippen MR) is 62.3 cm³/mol. The fourth-order valence-corrected chi connectivity index (χ4v) is 1.45. The predicted octanol–water partition coefficient (Wildman–Crippen LogP) is 1.64. The summed E-state index contributed by atoms with van der Waals surface area (Å²) < 4.78 is 4.98. The minimum Gasteiger partial charge on any atom is -0.384 e. The van der Waals surface area contributed by atoms with Crippen LogP contribution in [0, 0.1) is 19.8 Å². The minimum atomic E-state index is -0.0286. The van der Waals surface area contributed by atoms with Crippen LogP contribution in [0.15, 0.2) is 0 Å². The van der Waals surface area contributed by atoms with Gasteiger partial charge in [-0.15, -0.1) is 0 Å². The van der Waals surface area contributed by atoms with Gasteiger partial charge in [-0.25, -0.2) is 0 Å². The van der Waals surface area contributed by atoms with E-state index in [0.29, 0.717) is 18.8 Å². The third-order valence-corrected chi connectivity index (χ3v) is 2.50. The molecule has 0 aliphatic heterocycles. The van der Waals surface area contributed by atoms with E-state index in [1.165, 1.54) is 0 Å². The highest BCUT2D eigenvalue weighted by Gasteiger charge is 2.12. The number of nitrogens with one attached hydrogen (secondary N) is 2. The fourth-order valence-electron chi connectivity index (χ4n) is 1.45. The largest absolute Gasteiger partial charge is 0.384 e. The number of H-pyrrole nitrogens is 1. The Morgan fingerprint density at radius 2 is 2.25 bits per heavy atom. The second-order valence-corrected chi connectivity index (χ2v) is 4.14. The van der Waals surface area contributed by atoms with Crippen LogP contribution in [0.1, 0.15) is 24.6 Å². The Hall–Kier alpha value is -1.36. The molecule has 1 heterocycles. The molecule has 90 valence electrons. The van der Waals surface area contributed by atoms with E-state index in [4.69, 9.17) is 4.74 Å². The maximum Gasteiger partial charge on any atom is 0.225 e. The molecule has 1 rings (SSSR count). The van der Waals surface area contributed by atoms with Crippen molar-refractivity contribution in [1.29, 1.82) is 0 Å². The van der Waals surface area contributed by atoms with Crippen LogP contribution >= 0.6 is 0 Å². The molecule has 0 saturated carbocycles. The molecule has 1 amide bonds. The Labute approximate surface area is 95.6 Å². The summed E-state index contributed by atoms with van der Waals surface area (Å²) in [5, 5.41) is 9.64. The summed E-state index contributed by atoms with van der Waals surface area (Å²) in [6, 6.07) is 0. The van der Waals surface area contributed by atoms with Gasteiger partial charge in [-0.2, -0.15) is 5.10 Å². The number of methoxy groups -OCH3 is 1. The maximum absolute atomic E-state index is 11.6. The molecular weight excluding hydrogens is 206 g/mol. The first-order valence-electron chi connectivity index (χ1n) is 5.35. The molecule has 1 aromatic heterocycles. The number of aromatic nitrogens is 2. The number of carbonyl (C=O) groups is 1. The summed E-state index contributed by atoms with van der Waals surface area (Å²) in [6.07, 6.45) is 0.444. The molecule has 5 heteroatoms. The first-order valence-corrected chi connectivity index (χ1v) is 5.35. The molecule has 0 bridgehead atoms. The minimum absolute atomic E-state index is 0.0286. The van der Waals surface area contributed by atoms with Gasteiger partial charge in [0.2, 0.25) is 5.91 Å². The molecule has 0 fully saturated rings. The van der Waals surface area contributed by atoms with E-state index in [0.717, 1.165) is 11.3 Å². The zero-order valence-electron chi connectivity index (χ0n) is 10.3. The topological polar surface area (TPSA) is 67.0 Å². The molecule has 0 saturated heterocycles. The molecule has 1 unspecified atom stereocenters. The number of nitrogens with zero attached hydrogens (tertiary/aromatic N) is 1. The van der Waals surface area contributed by atoms with Gasteiger partial charge in [0.15, 0.2) is 5.82 Å². The maximum atomic E-state index is 11.6. The first kappa shape index (κ1) is 12.7. The van der Waals surface area contributed by atoms with Crippen LogP contribution in [0.25, 0.3) is 0 Å². The fraction of sp³-hybridized carbons (Fsp3) is 0.636. The SMILES string of the molecule is COCC(C)CC(=O)Nc1n[nH]c(C)c1C. The number of aromatic amines is 1. The quantitative estimate of drug-likeness (QED) is 0.800. The van der Waals surface area contributed by atoms with Gasteiger partial charge < -0.3 is 10.1 Å². The lowest BCUT2D eigenvalue weighted by atomic mass is 10.1. The van der Waals surface area contributed by atoms with Crippen LogP contribution in [0.5, 0.6) is 0 Å². The van der Waals surface area contributed by atoms with Crippen molar-refractivity contribution in [3.63, 3.8) is 0 Å². The smallest absolute Gasteiger partial charge is 0.225 e. The molecule has 1 atom stereocenters. The van der Waals surface area contributed by atoms with Crippen LogP contribution in [0.4, 0.5) is 5.82 Å². The van der Waals surface area contributed by atoms with E-state index in [1.54, 1.807) is 7.11 Å². The van der Waals surface area contributed by atoms with Crippen LogP contribution < -0.4 is 5.32 Å². The van der Waals surface area contributed by atoms with Gasteiger partial charge in [-0.1, -0.05) is 6.92 Å². The van der Waals surface area contributed by atoms with E-state index < -0.39 is 0 Å². The van der Waals surface area contributed by atoms with E-state index in [2.05, 4.69) is 15.5 Å². The molecule has 0 aliphatic carbocycles. The number of anilines is 1. The van der Waals surface area contributed by atoms with Crippen molar-refractivity contribution in [1.82, 2.24) is 10.2 Å². The molecular formula is C11H19N3O2. The molecule has 0 aliphatic rings. The van der Waals surface area contributed by atoms with Crippen LogP contribution in [0.2, 0.25) is 0 Å². The lowest BCUT2D eigenvalue weighted by Crippen LogP contribution is -2.18. The van der Waals surface area contributed by atoms with E-state index in [1.807, 2.05) is 20.8 Å². The molecule has 0 radical (unpaired) electrons. The number of aryl methyl sites for hydroxylation is 1. The Morgan fingerprint density at radius 1 is 1.56 bits per heavy atom. The Bertz CT molecular complexity index is 360. The zero-order chi connectivity index (χ0) is 12.1. The first-order chi connectivity index (χ1) is 7.54. The monoisotopic (exact) mass is 225 g/mol. The van der Waals surface area contributed by atoms with Crippen LogP contribution in [-0.2, 0) is 9.53 Å². The zero-order valence-corrected chi connectivity index (χ0v) is 10.3. The highest BCUT2D eigenvalue weighted by molar-refractivity contribution is 5.90. The number of hydrogen-bond donors (Lipinski definition) is 2. The summed E-state index contributed by atoms with van der Waals surface area (Å²) in [6.45, 7) is 6.41. The number of amides is 1. The normalized spacial score (nSPS) is 12.5. The summed E-state index contributed by atoms with van der Waals surface area (Å²) in [4.78, 5) is 11.6. The molecule has 1 aromatic rings. The summed E-state index contributed by atoms with van der Waals surface area (Å²) >= 11 is 0. The molecule has 2 N–H and O–H groups in total. The van der Waals surface area contributed by atoms with E-state index in [-0.39, 0.29) is 11.8 Å². The third-order valence-electron chi connectivity index (χ3n) is 2.50. The van der Waals surface area contributed by atoms with Gasteiger partial charge in [0, 0.05) is 31.4 Å². The summed E-state index contributed by atoms with van der Waals surface area (Å²) in [5.74, 6) is 0.802. The average molecular weight is 225 g/mol. The van der Waals surface area contributed by atoms with Crippen molar-refractivity contribution in [3.05, 3.63) is 11.3 Å². The molecule has 0 spiro atoms. The standard InChI is InChI=1S/C11H19N3O2/c1-7(6-16-4)5-10(15)12-11-8(2)9(3)13-14-11/h7H,5-6H2,1-4H3,(H2,12,13,14,15). The van der Waals surface area contributed by atoms with E-state index in [9.17, 15) is 4.79 Å². The number of rotatable bonds is 5.